The summed E-state index contributed by atoms with van der Waals surface area (Å²) in [6, 6.07) is 11.9. The molecule has 1 aromatic heterocycles. The molecule has 0 atom stereocenters. The first-order valence-electron chi connectivity index (χ1n) is 9.94. The van der Waals surface area contributed by atoms with Crippen LogP contribution < -0.4 is 10.2 Å². The van der Waals surface area contributed by atoms with Crippen LogP contribution in [-0.2, 0) is 42.3 Å². The maximum Gasteiger partial charge on any atom is 0.416 e. The Balaban J connectivity index is 1.47. The zero-order chi connectivity index (χ0) is 23.8. The molecular formula is C23H20F3NO5S. The number of hydrogen-bond donors (Lipinski definition) is 0. The van der Waals surface area contributed by atoms with Gasteiger partial charge in [0.05, 0.1) is 17.0 Å². The van der Waals surface area contributed by atoms with E-state index in [-0.39, 0.29) is 11.3 Å². The van der Waals surface area contributed by atoms with Crippen LogP contribution >= 0.6 is 0 Å². The molecule has 0 spiro atoms. The minimum atomic E-state index is -4.79. The van der Waals surface area contributed by atoms with Crippen molar-refractivity contribution >= 4 is 9.84 Å². The van der Waals surface area contributed by atoms with Gasteiger partial charge in [-0.1, -0.05) is 30.3 Å². The van der Waals surface area contributed by atoms with Crippen LogP contribution in [-0.4, -0.2) is 19.6 Å². The highest BCUT2D eigenvalue weighted by Gasteiger charge is 2.34. The molecule has 0 fully saturated rings. The van der Waals surface area contributed by atoms with Gasteiger partial charge in [0.1, 0.15) is 18.6 Å². The lowest BCUT2D eigenvalue weighted by Crippen LogP contribution is -2.17. The zero-order valence-corrected chi connectivity index (χ0v) is 18.4. The van der Waals surface area contributed by atoms with E-state index in [2.05, 4.69) is 4.90 Å². The number of alkyl halides is 3. The summed E-state index contributed by atoms with van der Waals surface area (Å²) in [4.78, 5) is 14.1. The van der Waals surface area contributed by atoms with E-state index in [4.69, 9.17) is 9.15 Å². The summed E-state index contributed by atoms with van der Waals surface area (Å²) in [5.41, 5.74) is 0.465. The molecule has 3 aromatic rings. The predicted octanol–water partition coefficient (Wildman–Crippen LogP) is 4.16. The van der Waals surface area contributed by atoms with Crippen LogP contribution in [0.15, 0.2) is 68.9 Å². The van der Waals surface area contributed by atoms with Crippen LogP contribution in [0.1, 0.15) is 28.0 Å². The van der Waals surface area contributed by atoms with Gasteiger partial charge in [-0.25, -0.2) is 8.42 Å². The smallest absolute Gasteiger partial charge is 0.416 e. The largest absolute Gasteiger partial charge is 0.482 e. The predicted molar refractivity (Wildman–Crippen MR) is 113 cm³/mol. The van der Waals surface area contributed by atoms with Gasteiger partial charge < -0.3 is 9.15 Å². The van der Waals surface area contributed by atoms with Crippen LogP contribution in [0.2, 0.25) is 0 Å². The van der Waals surface area contributed by atoms with E-state index in [1.54, 1.807) is 0 Å². The van der Waals surface area contributed by atoms with E-state index in [9.17, 15) is 26.4 Å². The number of hydrogen-bond acceptors (Lipinski definition) is 6. The average Bonchev–Trinajstić information content (AvgIpc) is 3.14. The van der Waals surface area contributed by atoms with Crippen LogP contribution in [0.5, 0.6) is 5.75 Å². The van der Waals surface area contributed by atoms with Gasteiger partial charge in [-0.2, -0.15) is 13.2 Å². The van der Waals surface area contributed by atoms with Gasteiger partial charge in [0.2, 0.25) is 11.2 Å². The molecule has 0 amide bonds. The molecule has 0 aliphatic carbocycles. The van der Waals surface area contributed by atoms with E-state index in [1.807, 2.05) is 24.3 Å². The zero-order valence-electron chi connectivity index (χ0n) is 17.6. The molecule has 0 saturated heterocycles. The van der Waals surface area contributed by atoms with Gasteiger partial charge in [-0.05, 0) is 23.3 Å². The van der Waals surface area contributed by atoms with E-state index in [0.29, 0.717) is 18.4 Å². The second kappa shape index (κ2) is 8.68. The Labute approximate surface area is 188 Å². The van der Waals surface area contributed by atoms with Gasteiger partial charge in [0, 0.05) is 31.0 Å². The van der Waals surface area contributed by atoms with Gasteiger partial charge >= 0.3 is 6.18 Å². The molecule has 6 nitrogen and oxygen atoms in total. The second-order valence-electron chi connectivity index (χ2n) is 7.87. The summed E-state index contributed by atoms with van der Waals surface area (Å²) in [5.74, 6) is 0.178. The Bertz CT molecular complexity index is 1320. The van der Waals surface area contributed by atoms with Crippen LogP contribution in [0.3, 0.4) is 0 Å². The van der Waals surface area contributed by atoms with Crippen molar-refractivity contribution in [2.45, 2.75) is 37.3 Å². The molecular weight excluding hydrogens is 459 g/mol. The summed E-state index contributed by atoms with van der Waals surface area (Å²) in [5, 5.41) is 0. The lowest BCUT2D eigenvalue weighted by atomic mass is 10.1. The number of sulfone groups is 1. The lowest BCUT2D eigenvalue weighted by Gasteiger charge is -2.15. The molecule has 2 aromatic carbocycles. The fourth-order valence-corrected chi connectivity index (χ4v) is 4.34. The number of halogens is 3. The van der Waals surface area contributed by atoms with Gasteiger partial charge in [0.25, 0.3) is 0 Å². The molecule has 0 unspecified atom stereocenters. The first-order chi connectivity index (χ1) is 15.5. The van der Waals surface area contributed by atoms with E-state index >= 15 is 0 Å². The summed E-state index contributed by atoms with van der Waals surface area (Å²) < 4.78 is 74.3. The number of benzene rings is 2. The number of fused-ring (bicyclic) bond motifs is 1. The molecule has 0 N–H and O–H groups in total. The molecule has 4 rings (SSSR count). The Morgan fingerprint density at radius 3 is 2.30 bits per heavy atom. The van der Waals surface area contributed by atoms with Crippen LogP contribution in [0, 0.1) is 0 Å². The molecule has 1 aliphatic heterocycles. The SMILES string of the molecule is CS(=O)(=O)c1ccc(COc2coc(CN3Cc4ccccc4C3)cc2=O)c(C(F)(F)F)c1. The van der Waals surface area contributed by atoms with Crippen molar-refractivity contribution in [3.8, 4) is 5.75 Å². The highest BCUT2D eigenvalue weighted by molar-refractivity contribution is 7.90. The summed E-state index contributed by atoms with van der Waals surface area (Å²) in [6.07, 6.45) is -2.88. The Kier molecular flexibility index (Phi) is 6.06. The maximum atomic E-state index is 13.4. The molecule has 2 heterocycles. The minimum absolute atomic E-state index is 0.233. The van der Waals surface area contributed by atoms with E-state index in [0.717, 1.165) is 37.7 Å². The monoisotopic (exact) mass is 479 g/mol. The van der Waals surface area contributed by atoms with Gasteiger partial charge in [-0.15, -0.1) is 0 Å². The maximum absolute atomic E-state index is 13.4. The Morgan fingerprint density at radius 1 is 1.06 bits per heavy atom. The van der Waals surface area contributed by atoms with E-state index in [1.165, 1.54) is 17.2 Å². The Morgan fingerprint density at radius 2 is 1.73 bits per heavy atom. The topological polar surface area (TPSA) is 76.8 Å². The average molecular weight is 479 g/mol. The molecule has 1 aliphatic rings. The van der Waals surface area contributed by atoms with Gasteiger partial charge in [0.15, 0.2) is 9.84 Å². The summed E-state index contributed by atoms with van der Waals surface area (Å²) in [6.45, 7) is 1.27. The first kappa shape index (κ1) is 23.1. The highest BCUT2D eigenvalue weighted by atomic mass is 32.2. The quantitative estimate of drug-likeness (QED) is 0.529. The third-order valence-electron chi connectivity index (χ3n) is 5.34. The standard InChI is InChI=1S/C23H20F3NO5S/c1-33(29,30)19-7-6-17(20(9-19)23(24,25)26)13-32-22-14-31-18(8-21(22)28)12-27-10-15-4-2-3-5-16(15)11-27/h2-9,14H,10-13H2,1H3. The highest BCUT2D eigenvalue weighted by Crippen LogP contribution is 2.34. The molecule has 10 heteroatoms. The molecule has 0 bridgehead atoms. The summed E-state index contributed by atoms with van der Waals surface area (Å²) in [7, 11) is -3.82. The fraction of sp³-hybridized carbons (Fsp3) is 0.261. The molecule has 33 heavy (non-hydrogen) atoms. The number of rotatable bonds is 6. The minimum Gasteiger partial charge on any atom is -0.482 e. The number of ether oxygens (including phenoxy) is 1. The Hall–Kier alpha value is -3.11. The number of nitrogens with zero attached hydrogens (tertiary/aromatic N) is 1. The van der Waals surface area contributed by atoms with Crippen molar-refractivity contribution in [1.82, 2.24) is 4.90 Å². The van der Waals surface area contributed by atoms with Crippen LogP contribution in [0.4, 0.5) is 13.2 Å². The van der Waals surface area contributed by atoms with Crippen molar-refractivity contribution in [1.29, 1.82) is 0 Å². The van der Waals surface area contributed by atoms with Crippen molar-refractivity contribution in [3.05, 3.63) is 93.0 Å². The molecule has 0 saturated carbocycles. The van der Waals surface area contributed by atoms with Gasteiger partial charge in [-0.3, -0.25) is 9.69 Å². The fourth-order valence-electron chi connectivity index (χ4n) is 3.69. The van der Waals surface area contributed by atoms with Crippen molar-refractivity contribution < 1.29 is 30.7 Å². The third kappa shape index (κ3) is 5.28. The lowest BCUT2D eigenvalue weighted by molar-refractivity contribution is -0.138. The van der Waals surface area contributed by atoms with E-state index < -0.39 is 38.5 Å². The van der Waals surface area contributed by atoms with Crippen LogP contribution in [0.25, 0.3) is 0 Å². The first-order valence-corrected chi connectivity index (χ1v) is 11.8. The van der Waals surface area contributed by atoms with Crippen molar-refractivity contribution in [2.75, 3.05) is 6.26 Å². The normalized spacial score (nSPS) is 14.3. The summed E-state index contributed by atoms with van der Waals surface area (Å²) >= 11 is 0. The molecule has 174 valence electrons. The second-order valence-corrected chi connectivity index (χ2v) is 9.88. The molecule has 0 radical (unpaired) electrons. The van der Waals surface area contributed by atoms with Crippen molar-refractivity contribution in [2.24, 2.45) is 0 Å². The third-order valence-corrected chi connectivity index (χ3v) is 6.45. The van der Waals surface area contributed by atoms with Crippen molar-refractivity contribution in [3.63, 3.8) is 0 Å².